The van der Waals surface area contributed by atoms with E-state index in [0.717, 1.165) is 55.3 Å². The molecule has 0 aliphatic carbocycles. The Morgan fingerprint density at radius 2 is 2.20 bits per heavy atom. The van der Waals surface area contributed by atoms with Crippen LogP contribution in [0.5, 0.6) is 0 Å². The van der Waals surface area contributed by atoms with Crippen LogP contribution < -0.4 is 5.32 Å². The lowest BCUT2D eigenvalue weighted by atomic mass is 10.1. The number of hydrogen-bond donors (Lipinski definition) is 1. The summed E-state index contributed by atoms with van der Waals surface area (Å²) in [4.78, 5) is 21.6. The minimum atomic E-state index is -0.0479. The lowest BCUT2D eigenvalue weighted by Crippen LogP contribution is -2.29. The molecule has 2 aromatic rings. The van der Waals surface area contributed by atoms with Crippen molar-refractivity contribution >= 4 is 5.91 Å². The van der Waals surface area contributed by atoms with Crippen molar-refractivity contribution in [1.29, 1.82) is 0 Å². The van der Waals surface area contributed by atoms with Crippen LogP contribution in [0, 0.1) is 12.8 Å². The average molecular weight is 339 g/mol. The lowest BCUT2D eigenvalue weighted by molar-refractivity contribution is 0.0945. The third-order valence-electron chi connectivity index (χ3n) is 4.37. The molecule has 132 valence electrons. The molecule has 1 aromatic heterocycles. The lowest BCUT2D eigenvalue weighted by Gasteiger charge is -2.11. The number of benzene rings is 1. The molecule has 0 saturated carbocycles. The molecule has 1 saturated heterocycles. The summed E-state index contributed by atoms with van der Waals surface area (Å²) < 4.78 is 5.35. The first-order chi connectivity index (χ1) is 12.2. The monoisotopic (exact) mass is 339 g/mol. The standard InChI is InChI=1S/C20H25N3O2/c1-3-5-19-22-14(2)10-18(23-19)16-6-4-7-17(11-16)20(24)21-12-15-8-9-25-13-15/h4,6-7,10-11,15H,3,5,8-9,12-13H2,1-2H3,(H,21,24)/t15-/m0/s1. The van der Waals surface area contributed by atoms with Crippen LogP contribution in [0.3, 0.4) is 0 Å². The zero-order valence-electron chi connectivity index (χ0n) is 14.9. The van der Waals surface area contributed by atoms with Crippen LogP contribution >= 0.6 is 0 Å². The Hall–Kier alpha value is -2.27. The number of amides is 1. The van der Waals surface area contributed by atoms with E-state index < -0.39 is 0 Å². The number of carbonyl (C=O) groups excluding carboxylic acids is 1. The second-order valence-corrected chi connectivity index (χ2v) is 6.58. The van der Waals surface area contributed by atoms with Crippen molar-refractivity contribution in [2.45, 2.75) is 33.1 Å². The van der Waals surface area contributed by atoms with Crippen molar-refractivity contribution < 1.29 is 9.53 Å². The minimum Gasteiger partial charge on any atom is -0.381 e. The largest absolute Gasteiger partial charge is 0.381 e. The van der Waals surface area contributed by atoms with Gasteiger partial charge in [0.2, 0.25) is 0 Å². The van der Waals surface area contributed by atoms with Crippen LogP contribution in [0.4, 0.5) is 0 Å². The van der Waals surface area contributed by atoms with Gasteiger partial charge in [-0.25, -0.2) is 9.97 Å². The van der Waals surface area contributed by atoms with Crippen molar-refractivity contribution in [1.82, 2.24) is 15.3 Å². The van der Waals surface area contributed by atoms with E-state index in [9.17, 15) is 4.79 Å². The normalized spacial score (nSPS) is 16.8. The Morgan fingerprint density at radius 3 is 2.96 bits per heavy atom. The number of aryl methyl sites for hydroxylation is 2. The van der Waals surface area contributed by atoms with E-state index in [4.69, 9.17) is 4.74 Å². The highest BCUT2D eigenvalue weighted by molar-refractivity contribution is 5.95. The quantitative estimate of drug-likeness (QED) is 0.878. The molecule has 25 heavy (non-hydrogen) atoms. The Morgan fingerprint density at radius 1 is 1.32 bits per heavy atom. The number of nitrogens with zero attached hydrogens (tertiary/aromatic N) is 2. The predicted octanol–water partition coefficient (Wildman–Crippen LogP) is 3.17. The molecule has 0 radical (unpaired) electrons. The van der Waals surface area contributed by atoms with Gasteiger partial charge in [0.15, 0.2) is 0 Å². The van der Waals surface area contributed by atoms with E-state index in [2.05, 4.69) is 22.2 Å². The van der Waals surface area contributed by atoms with Crippen molar-refractivity contribution in [3.8, 4) is 11.3 Å². The number of aromatic nitrogens is 2. The highest BCUT2D eigenvalue weighted by Crippen LogP contribution is 2.20. The van der Waals surface area contributed by atoms with Crippen LogP contribution in [0.1, 0.15) is 41.6 Å². The fraction of sp³-hybridized carbons (Fsp3) is 0.450. The first-order valence-corrected chi connectivity index (χ1v) is 8.96. The summed E-state index contributed by atoms with van der Waals surface area (Å²) >= 11 is 0. The molecule has 1 fully saturated rings. The zero-order chi connectivity index (χ0) is 17.6. The summed E-state index contributed by atoms with van der Waals surface area (Å²) in [5.41, 5.74) is 3.42. The van der Waals surface area contributed by atoms with Gasteiger partial charge in [-0.3, -0.25) is 4.79 Å². The Labute approximate surface area is 148 Å². The number of rotatable bonds is 6. The maximum Gasteiger partial charge on any atom is 0.251 e. The van der Waals surface area contributed by atoms with Gasteiger partial charge in [0, 0.05) is 42.3 Å². The van der Waals surface area contributed by atoms with Gasteiger partial charge >= 0.3 is 0 Å². The van der Waals surface area contributed by atoms with Crippen LogP contribution in [-0.2, 0) is 11.2 Å². The predicted molar refractivity (Wildman–Crippen MR) is 97.5 cm³/mol. The van der Waals surface area contributed by atoms with Crippen molar-refractivity contribution in [2.75, 3.05) is 19.8 Å². The summed E-state index contributed by atoms with van der Waals surface area (Å²) in [6, 6.07) is 9.59. The van der Waals surface area contributed by atoms with Crippen molar-refractivity contribution in [2.24, 2.45) is 5.92 Å². The molecule has 0 spiro atoms. The van der Waals surface area contributed by atoms with Crippen LogP contribution in [0.25, 0.3) is 11.3 Å². The van der Waals surface area contributed by atoms with E-state index in [1.54, 1.807) is 0 Å². The van der Waals surface area contributed by atoms with E-state index in [0.29, 0.717) is 18.0 Å². The zero-order valence-corrected chi connectivity index (χ0v) is 14.9. The topological polar surface area (TPSA) is 64.1 Å². The number of ether oxygens (including phenoxy) is 1. The minimum absolute atomic E-state index is 0.0479. The molecule has 1 atom stereocenters. The van der Waals surface area contributed by atoms with Gasteiger partial charge in [0.05, 0.1) is 12.3 Å². The summed E-state index contributed by atoms with van der Waals surface area (Å²) in [5.74, 6) is 1.23. The summed E-state index contributed by atoms with van der Waals surface area (Å²) in [5, 5.41) is 3.01. The molecule has 5 nitrogen and oxygen atoms in total. The van der Waals surface area contributed by atoms with Crippen molar-refractivity contribution in [3.05, 3.63) is 47.4 Å². The van der Waals surface area contributed by atoms with E-state index in [1.165, 1.54) is 0 Å². The molecule has 1 aliphatic rings. The Kier molecular flexibility index (Phi) is 5.76. The second kappa shape index (κ2) is 8.21. The van der Waals surface area contributed by atoms with Gasteiger partial charge in [0.25, 0.3) is 5.91 Å². The first-order valence-electron chi connectivity index (χ1n) is 8.96. The summed E-state index contributed by atoms with van der Waals surface area (Å²) in [6.07, 6.45) is 2.88. The molecule has 1 aromatic carbocycles. The Bertz CT molecular complexity index is 739. The molecule has 1 aliphatic heterocycles. The van der Waals surface area contributed by atoms with Gasteiger partial charge < -0.3 is 10.1 Å². The van der Waals surface area contributed by atoms with Gasteiger partial charge in [0.1, 0.15) is 5.82 Å². The maximum absolute atomic E-state index is 12.4. The molecular weight excluding hydrogens is 314 g/mol. The molecule has 3 rings (SSSR count). The fourth-order valence-corrected chi connectivity index (χ4v) is 3.02. The van der Waals surface area contributed by atoms with E-state index >= 15 is 0 Å². The van der Waals surface area contributed by atoms with Gasteiger partial charge in [-0.1, -0.05) is 19.1 Å². The number of nitrogens with one attached hydrogen (secondary N) is 1. The Balaban J connectivity index is 1.75. The smallest absolute Gasteiger partial charge is 0.251 e. The third-order valence-corrected chi connectivity index (χ3v) is 4.37. The highest BCUT2D eigenvalue weighted by atomic mass is 16.5. The van der Waals surface area contributed by atoms with E-state index in [-0.39, 0.29) is 5.91 Å². The summed E-state index contributed by atoms with van der Waals surface area (Å²) in [7, 11) is 0. The van der Waals surface area contributed by atoms with Crippen LogP contribution in [0.2, 0.25) is 0 Å². The average Bonchev–Trinajstić information content (AvgIpc) is 3.13. The highest BCUT2D eigenvalue weighted by Gasteiger charge is 2.17. The maximum atomic E-state index is 12.4. The SMILES string of the molecule is CCCc1nc(C)cc(-c2cccc(C(=O)NC[C@@H]3CCOC3)c2)n1. The fourth-order valence-electron chi connectivity index (χ4n) is 3.02. The molecule has 1 N–H and O–H groups in total. The van der Waals surface area contributed by atoms with Crippen molar-refractivity contribution in [3.63, 3.8) is 0 Å². The summed E-state index contributed by atoms with van der Waals surface area (Å²) in [6.45, 7) is 6.29. The van der Waals surface area contributed by atoms with Crippen LogP contribution in [-0.4, -0.2) is 35.6 Å². The molecule has 5 heteroatoms. The molecule has 0 unspecified atom stereocenters. The molecule has 0 bridgehead atoms. The van der Waals surface area contributed by atoms with E-state index in [1.807, 2.05) is 37.3 Å². The van der Waals surface area contributed by atoms with Gasteiger partial charge in [-0.2, -0.15) is 0 Å². The number of carbonyl (C=O) groups is 1. The molecule has 1 amide bonds. The number of hydrogen-bond acceptors (Lipinski definition) is 4. The first kappa shape index (κ1) is 17.5. The van der Waals surface area contributed by atoms with Gasteiger partial charge in [-0.05, 0) is 38.0 Å². The van der Waals surface area contributed by atoms with Gasteiger partial charge in [-0.15, -0.1) is 0 Å². The molecule has 2 heterocycles. The third kappa shape index (κ3) is 4.63. The second-order valence-electron chi connectivity index (χ2n) is 6.58. The van der Waals surface area contributed by atoms with Crippen LogP contribution in [0.15, 0.2) is 30.3 Å². The molecular formula is C20H25N3O2.